The molecule has 4 aromatic carbocycles. The molecule has 0 aliphatic rings. The first-order valence-corrected chi connectivity index (χ1v) is 21.0. The fourth-order valence-electron chi connectivity index (χ4n) is 7.79. The third-order valence-electron chi connectivity index (χ3n) is 11.1. The van der Waals surface area contributed by atoms with Crippen LogP contribution in [-0.4, -0.2) is 0 Å². The predicted molar refractivity (Wildman–Crippen MR) is 225 cm³/mol. The Morgan fingerprint density at radius 1 is 0.333 bits per heavy atom. The van der Waals surface area contributed by atoms with E-state index < -0.39 is 0 Å². The fourth-order valence-corrected chi connectivity index (χ4v) is 7.79. The Bertz CT molecular complexity index is 1320. The summed E-state index contributed by atoms with van der Waals surface area (Å²) >= 11 is 0. The van der Waals surface area contributed by atoms with Gasteiger partial charge >= 0.3 is 0 Å². The maximum atomic E-state index is 5.99. The van der Waals surface area contributed by atoms with Gasteiger partial charge in [-0.15, -0.1) is 0 Å². The molecule has 0 saturated heterocycles. The van der Waals surface area contributed by atoms with Crippen LogP contribution in [0.25, 0.3) is 0 Å². The van der Waals surface area contributed by atoms with Gasteiger partial charge in [0.05, 0.1) is 0 Å². The van der Waals surface area contributed by atoms with Crippen molar-refractivity contribution in [3.63, 3.8) is 0 Å². The minimum atomic E-state index is 0.465. The number of nitrogen functional groups attached to an aromatic ring is 2. The topological polar surface area (TPSA) is 52.0 Å². The quantitative estimate of drug-likeness (QED) is 0.0510. The molecule has 0 radical (unpaired) electrons. The third-order valence-corrected chi connectivity index (χ3v) is 11.1. The SMILES string of the molecule is CCCCCCC(c1ccc(N)cc1)c1ccc(CCCCCCCCCCCc2ccc(C(CCCCCC)c3ccc(N)cc3)cc2)cc1. The van der Waals surface area contributed by atoms with Crippen LogP contribution in [0.4, 0.5) is 11.4 Å². The third kappa shape index (κ3) is 14.9. The van der Waals surface area contributed by atoms with Crippen molar-refractivity contribution in [3.05, 3.63) is 130 Å². The molecule has 0 aliphatic heterocycles. The summed E-state index contributed by atoms with van der Waals surface area (Å²) in [5, 5.41) is 0. The summed E-state index contributed by atoms with van der Waals surface area (Å²) < 4.78 is 0. The van der Waals surface area contributed by atoms with Gasteiger partial charge in [-0.3, -0.25) is 0 Å². The second kappa shape index (κ2) is 23.9. The van der Waals surface area contributed by atoms with E-state index in [1.54, 1.807) is 0 Å². The van der Waals surface area contributed by atoms with Gasteiger partial charge < -0.3 is 11.5 Å². The van der Waals surface area contributed by atoms with E-state index in [1.165, 1.54) is 168 Å². The normalized spacial score (nSPS) is 12.6. The molecule has 0 aromatic heterocycles. The summed E-state index contributed by atoms with van der Waals surface area (Å²) in [4.78, 5) is 0. The molecule has 0 heterocycles. The summed E-state index contributed by atoms with van der Waals surface area (Å²) in [7, 11) is 0. The summed E-state index contributed by atoms with van der Waals surface area (Å²) in [6.45, 7) is 4.57. The summed E-state index contributed by atoms with van der Waals surface area (Å²) in [6.07, 6.45) is 27.5. The van der Waals surface area contributed by atoms with Gasteiger partial charge in [-0.05, 0) is 96.2 Å². The second-order valence-electron chi connectivity index (χ2n) is 15.3. The van der Waals surface area contributed by atoms with Gasteiger partial charge in [0, 0.05) is 23.2 Å². The van der Waals surface area contributed by atoms with Gasteiger partial charge in [0.1, 0.15) is 0 Å². The number of rotatable bonds is 26. The average Bonchev–Trinajstić information content (AvgIpc) is 3.16. The van der Waals surface area contributed by atoms with Crippen LogP contribution in [0.15, 0.2) is 97.1 Å². The minimum Gasteiger partial charge on any atom is -0.399 e. The number of nitrogens with two attached hydrogens (primary N) is 2. The van der Waals surface area contributed by atoms with E-state index in [1.807, 2.05) is 0 Å². The zero-order valence-electron chi connectivity index (χ0n) is 32.4. The molecule has 0 bridgehead atoms. The van der Waals surface area contributed by atoms with Crippen molar-refractivity contribution in [2.24, 2.45) is 0 Å². The van der Waals surface area contributed by atoms with E-state index in [-0.39, 0.29) is 0 Å². The molecule has 2 unspecified atom stereocenters. The lowest BCUT2D eigenvalue weighted by Gasteiger charge is -2.19. The molecule has 0 aliphatic carbocycles. The van der Waals surface area contributed by atoms with Crippen molar-refractivity contribution in [1.29, 1.82) is 0 Å². The monoisotopic (exact) mass is 687 g/mol. The van der Waals surface area contributed by atoms with Crippen molar-refractivity contribution in [3.8, 4) is 0 Å². The lowest BCUT2D eigenvalue weighted by molar-refractivity contribution is 0.558. The van der Waals surface area contributed by atoms with Crippen LogP contribution in [0.2, 0.25) is 0 Å². The summed E-state index contributed by atoms with van der Waals surface area (Å²) in [6, 6.07) is 36.2. The molecule has 2 atom stereocenters. The average molecular weight is 687 g/mol. The molecule has 4 aromatic rings. The van der Waals surface area contributed by atoms with Gasteiger partial charge in [-0.1, -0.05) is 183 Å². The molecular weight excluding hydrogens is 617 g/mol. The molecule has 0 saturated carbocycles. The van der Waals surface area contributed by atoms with Crippen molar-refractivity contribution < 1.29 is 0 Å². The highest BCUT2D eigenvalue weighted by molar-refractivity contribution is 5.44. The van der Waals surface area contributed by atoms with Gasteiger partial charge in [0.15, 0.2) is 0 Å². The Labute approximate surface area is 312 Å². The van der Waals surface area contributed by atoms with Crippen molar-refractivity contribution >= 4 is 11.4 Å². The van der Waals surface area contributed by atoms with Crippen LogP contribution in [0.1, 0.15) is 181 Å². The van der Waals surface area contributed by atoms with Crippen molar-refractivity contribution in [2.45, 2.75) is 161 Å². The molecule has 2 heteroatoms. The fraction of sp³-hybridized carbons (Fsp3) is 0.510. The lowest BCUT2D eigenvalue weighted by atomic mass is 9.86. The standard InChI is InChI=1S/C49H70N2/c1-3-5-7-18-22-48(44-32-36-46(50)37-33-44)42-28-24-40(25-29-42)20-16-14-12-10-9-11-13-15-17-21-41-26-30-43(31-27-41)49(23-19-8-6-4-2)45-34-38-47(51)39-35-45/h24-39,48-49H,3-23,50-51H2,1-2H3. The summed E-state index contributed by atoms with van der Waals surface area (Å²) in [5.74, 6) is 0.930. The second-order valence-corrected chi connectivity index (χ2v) is 15.3. The van der Waals surface area contributed by atoms with Gasteiger partial charge in [-0.2, -0.15) is 0 Å². The van der Waals surface area contributed by atoms with Gasteiger partial charge in [0.2, 0.25) is 0 Å². The van der Waals surface area contributed by atoms with E-state index >= 15 is 0 Å². The summed E-state index contributed by atoms with van der Waals surface area (Å²) in [5.41, 5.74) is 22.3. The van der Waals surface area contributed by atoms with Crippen molar-refractivity contribution in [1.82, 2.24) is 0 Å². The van der Waals surface area contributed by atoms with Gasteiger partial charge in [-0.25, -0.2) is 0 Å². The Morgan fingerprint density at radius 2 is 0.608 bits per heavy atom. The first kappa shape index (κ1) is 40.3. The van der Waals surface area contributed by atoms with E-state index in [9.17, 15) is 0 Å². The van der Waals surface area contributed by atoms with E-state index in [2.05, 4.69) is 111 Å². The molecule has 2 nitrogen and oxygen atoms in total. The molecule has 4 N–H and O–H groups in total. The smallest absolute Gasteiger partial charge is 0.0314 e. The van der Waals surface area contributed by atoms with Crippen molar-refractivity contribution in [2.75, 3.05) is 11.5 Å². The highest BCUT2D eigenvalue weighted by atomic mass is 14.5. The zero-order valence-corrected chi connectivity index (χ0v) is 32.4. The maximum absolute atomic E-state index is 5.99. The number of anilines is 2. The number of aryl methyl sites for hydroxylation is 2. The molecule has 51 heavy (non-hydrogen) atoms. The van der Waals surface area contributed by atoms with Gasteiger partial charge in [0.25, 0.3) is 0 Å². The first-order valence-electron chi connectivity index (χ1n) is 21.0. The lowest BCUT2D eigenvalue weighted by Crippen LogP contribution is -2.02. The predicted octanol–water partition coefficient (Wildman–Crippen LogP) is 14.4. The molecule has 0 spiro atoms. The number of unbranched alkanes of at least 4 members (excludes halogenated alkanes) is 14. The van der Waals surface area contributed by atoms with Crippen LogP contribution in [-0.2, 0) is 12.8 Å². The van der Waals surface area contributed by atoms with E-state index in [4.69, 9.17) is 11.5 Å². The Kier molecular flexibility index (Phi) is 18.8. The largest absolute Gasteiger partial charge is 0.399 e. The highest BCUT2D eigenvalue weighted by Gasteiger charge is 2.15. The molecule has 0 amide bonds. The maximum Gasteiger partial charge on any atom is 0.0314 e. The molecule has 276 valence electrons. The Balaban J connectivity index is 1.07. The zero-order chi connectivity index (χ0) is 35.9. The molecule has 4 rings (SSSR count). The Hall–Kier alpha value is -3.52. The molecule has 0 fully saturated rings. The minimum absolute atomic E-state index is 0.465. The number of benzene rings is 4. The van der Waals surface area contributed by atoms with Crippen LogP contribution >= 0.6 is 0 Å². The first-order chi connectivity index (χ1) is 25.1. The molecular formula is C49H70N2. The van der Waals surface area contributed by atoms with E-state index in [0.717, 1.165) is 11.4 Å². The van der Waals surface area contributed by atoms with E-state index in [0.29, 0.717) is 11.8 Å². The van der Waals surface area contributed by atoms with Crippen LogP contribution in [0.3, 0.4) is 0 Å². The Morgan fingerprint density at radius 3 is 0.922 bits per heavy atom. The van der Waals surface area contributed by atoms with Crippen LogP contribution in [0.5, 0.6) is 0 Å². The highest BCUT2D eigenvalue weighted by Crippen LogP contribution is 2.33. The van der Waals surface area contributed by atoms with Crippen LogP contribution in [0, 0.1) is 0 Å². The van der Waals surface area contributed by atoms with Crippen LogP contribution < -0.4 is 11.5 Å². The number of hydrogen-bond donors (Lipinski definition) is 2. The number of hydrogen-bond acceptors (Lipinski definition) is 2.